The highest BCUT2D eigenvalue weighted by Crippen LogP contribution is 1.98. The van der Waals surface area contributed by atoms with Crippen LogP contribution in [0.4, 0.5) is 0 Å². The summed E-state index contributed by atoms with van der Waals surface area (Å²) in [5.74, 6) is 0. The van der Waals surface area contributed by atoms with Crippen LogP contribution in [-0.2, 0) is 0 Å². The zero-order valence-electron chi connectivity index (χ0n) is 9.15. The summed E-state index contributed by atoms with van der Waals surface area (Å²) >= 11 is 0. The average molecular weight is 194 g/mol. The van der Waals surface area contributed by atoms with Gasteiger partial charge in [-0.05, 0) is 39.0 Å². The van der Waals surface area contributed by atoms with Crippen molar-refractivity contribution in [3.05, 3.63) is 36.5 Å². The average Bonchev–Trinajstić information content (AvgIpc) is 2.21. The number of unbranched alkanes of at least 4 members (excludes halogenated alkanes) is 2. The van der Waals surface area contributed by atoms with Crippen molar-refractivity contribution in [1.82, 2.24) is 0 Å². The second kappa shape index (κ2) is 12.2. The Balaban J connectivity index is 3.18. The molecule has 0 fully saturated rings. The molecule has 0 spiro atoms. The number of hydrogen-bond acceptors (Lipinski definition) is 1. The number of aliphatic hydroxyl groups is 1. The number of allylic oxidation sites excluding steroid dienone is 5. The van der Waals surface area contributed by atoms with Crippen molar-refractivity contribution in [2.75, 3.05) is 6.61 Å². The van der Waals surface area contributed by atoms with Crippen molar-refractivity contribution in [2.24, 2.45) is 0 Å². The molecular formula is C13H22O. The summed E-state index contributed by atoms with van der Waals surface area (Å²) in [5, 5.41) is 8.52. The fraction of sp³-hybridized carbons (Fsp3) is 0.538. The van der Waals surface area contributed by atoms with Crippen LogP contribution in [0.2, 0.25) is 0 Å². The molecule has 0 bridgehead atoms. The molecule has 0 saturated carbocycles. The zero-order valence-corrected chi connectivity index (χ0v) is 9.15. The number of hydrogen-bond donors (Lipinski definition) is 1. The van der Waals surface area contributed by atoms with Gasteiger partial charge in [0.2, 0.25) is 0 Å². The Morgan fingerprint density at radius 2 is 1.14 bits per heavy atom. The second-order valence-corrected chi connectivity index (χ2v) is 3.18. The van der Waals surface area contributed by atoms with Crippen molar-refractivity contribution >= 4 is 0 Å². The van der Waals surface area contributed by atoms with Crippen LogP contribution in [-0.4, -0.2) is 11.7 Å². The molecule has 0 aromatic carbocycles. The Morgan fingerprint density at radius 3 is 1.57 bits per heavy atom. The zero-order chi connectivity index (χ0) is 10.5. The van der Waals surface area contributed by atoms with E-state index < -0.39 is 0 Å². The van der Waals surface area contributed by atoms with Gasteiger partial charge in [0.25, 0.3) is 0 Å². The molecule has 1 nitrogen and oxygen atoms in total. The fourth-order valence-corrected chi connectivity index (χ4v) is 1.10. The van der Waals surface area contributed by atoms with Crippen LogP contribution in [0.3, 0.4) is 0 Å². The lowest BCUT2D eigenvalue weighted by molar-refractivity contribution is 0.302. The van der Waals surface area contributed by atoms with E-state index in [0.717, 1.165) is 32.1 Å². The minimum absolute atomic E-state index is 0.260. The van der Waals surface area contributed by atoms with Gasteiger partial charge >= 0.3 is 0 Å². The van der Waals surface area contributed by atoms with Crippen LogP contribution in [0.15, 0.2) is 36.5 Å². The normalized spacial score (nSPS) is 12.4. The van der Waals surface area contributed by atoms with Crippen molar-refractivity contribution < 1.29 is 5.11 Å². The van der Waals surface area contributed by atoms with Crippen LogP contribution in [0.25, 0.3) is 0 Å². The van der Waals surface area contributed by atoms with E-state index in [1.807, 2.05) is 6.08 Å². The van der Waals surface area contributed by atoms with Gasteiger partial charge in [-0.2, -0.15) is 0 Å². The van der Waals surface area contributed by atoms with Crippen LogP contribution in [0, 0.1) is 0 Å². The minimum atomic E-state index is 0.260. The lowest BCUT2D eigenvalue weighted by Crippen LogP contribution is -1.75. The Hall–Kier alpha value is -0.820. The number of aliphatic hydroxyl groups excluding tert-OH is 1. The standard InChI is InChI=1S/C13H22O/c1-2-3-4-5-6-7-8-9-10-11-12-13-14/h2-3,6-7,10-11,14H,4-5,8-9,12-13H2,1H3/b3-2+,7-6+,11-10+. The summed E-state index contributed by atoms with van der Waals surface area (Å²) in [5.41, 5.74) is 0. The first-order valence-corrected chi connectivity index (χ1v) is 5.43. The smallest absolute Gasteiger partial charge is 0.0465 e. The summed E-state index contributed by atoms with van der Waals surface area (Å²) in [4.78, 5) is 0. The van der Waals surface area contributed by atoms with Crippen LogP contribution < -0.4 is 0 Å². The van der Waals surface area contributed by atoms with Gasteiger partial charge in [-0.1, -0.05) is 36.5 Å². The maximum atomic E-state index is 8.52. The molecule has 0 unspecified atom stereocenters. The summed E-state index contributed by atoms with van der Waals surface area (Å²) in [6.45, 7) is 2.31. The fourth-order valence-electron chi connectivity index (χ4n) is 1.10. The maximum Gasteiger partial charge on any atom is 0.0465 e. The molecule has 0 saturated heterocycles. The summed E-state index contributed by atoms with van der Waals surface area (Å²) in [6, 6.07) is 0. The molecule has 80 valence electrons. The first kappa shape index (κ1) is 13.2. The van der Waals surface area contributed by atoms with Crippen molar-refractivity contribution in [3.63, 3.8) is 0 Å². The lowest BCUT2D eigenvalue weighted by Gasteiger charge is -1.88. The van der Waals surface area contributed by atoms with Gasteiger partial charge in [0.1, 0.15) is 0 Å². The summed E-state index contributed by atoms with van der Waals surface area (Å²) < 4.78 is 0. The Morgan fingerprint density at radius 1 is 0.714 bits per heavy atom. The van der Waals surface area contributed by atoms with Crippen molar-refractivity contribution in [2.45, 2.75) is 39.0 Å². The van der Waals surface area contributed by atoms with Gasteiger partial charge in [0.05, 0.1) is 0 Å². The predicted octanol–water partition coefficient (Wildman–Crippen LogP) is 3.62. The van der Waals surface area contributed by atoms with Gasteiger partial charge in [0.15, 0.2) is 0 Å². The van der Waals surface area contributed by atoms with Crippen molar-refractivity contribution in [3.8, 4) is 0 Å². The van der Waals surface area contributed by atoms with E-state index in [1.54, 1.807) is 0 Å². The molecule has 0 aliphatic rings. The van der Waals surface area contributed by atoms with Crippen LogP contribution in [0.1, 0.15) is 39.0 Å². The van der Waals surface area contributed by atoms with Crippen molar-refractivity contribution in [1.29, 1.82) is 0 Å². The molecule has 0 atom stereocenters. The quantitative estimate of drug-likeness (QED) is 0.462. The predicted molar refractivity (Wildman–Crippen MR) is 63.3 cm³/mol. The molecule has 0 aliphatic heterocycles. The molecular weight excluding hydrogens is 172 g/mol. The SMILES string of the molecule is C/C=C/CC/C=C/CC/C=C/CCO. The molecule has 0 rings (SSSR count). The van der Waals surface area contributed by atoms with Gasteiger partial charge in [0, 0.05) is 6.61 Å². The third kappa shape index (κ3) is 11.2. The second-order valence-electron chi connectivity index (χ2n) is 3.18. The highest BCUT2D eigenvalue weighted by molar-refractivity contribution is 4.89. The van der Waals surface area contributed by atoms with E-state index in [-0.39, 0.29) is 6.61 Å². The van der Waals surface area contributed by atoms with E-state index in [2.05, 4.69) is 37.3 Å². The molecule has 0 aliphatic carbocycles. The van der Waals surface area contributed by atoms with E-state index in [0.29, 0.717) is 0 Å². The molecule has 0 amide bonds. The Labute approximate surface area is 87.8 Å². The Bertz CT molecular complexity index is 178. The van der Waals surface area contributed by atoms with Gasteiger partial charge in [-0.15, -0.1) is 0 Å². The maximum absolute atomic E-state index is 8.52. The number of rotatable bonds is 8. The molecule has 14 heavy (non-hydrogen) atoms. The van der Waals surface area contributed by atoms with Crippen LogP contribution >= 0.6 is 0 Å². The van der Waals surface area contributed by atoms with E-state index in [1.165, 1.54) is 0 Å². The highest BCUT2D eigenvalue weighted by atomic mass is 16.2. The summed E-state index contributed by atoms with van der Waals surface area (Å²) in [7, 11) is 0. The first-order chi connectivity index (χ1) is 6.91. The molecule has 0 radical (unpaired) electrons. The molecule has 1 heteroatoms. The monoisotopic (exact) mass is 194 g/mol. The topological polar surface area (TPSA) is 20.2 Å². The molecule has 0 aromatic heterocycles. The Kier molecular flexibility index (Phi) is 11.5. The molecule has 0 aromatic rings. The van der Waals surface area contributed by atoms with Gasteiger partial charge in [-0.25, -0.2) is 0 Å². The highest BCUT2D eigenvalue weighted by Gasteiger charge is 1.78. The lowest BCUT2D eigenvalue weighted by atomic mass is 10.2. The summed E-state index contributed by atoms with van der Waals surface area (Å²) in [6.07, 6.45) is 18.2. The minimum Gasteiger partial charge on any atom is -0.396 e. The van der Waals surface area contributed by atoms with E-state index in [4.69, 9.17) is 5.11 Å². The van der Waals surface area contributed by atoms with Gasteiger partial charge in [-0.3, -0.25) is 0 Å². The third-order valence-electron chi connectivity index (χ3n) is 1.86. The molecule has 0 heterocycles. The largest absolute Gasteiger partial charge is 0.396 e. The van der Waals surface area contributed by atoms with Gasteiger partial charge < -0.3 is 5.11 Å². The third-order valence-corrected chi connectivity index (χ3v) is 1.86. The van der Waals surface area contributed by atoms with E-state index >= 15 is 0 Å². The van der Waals surface area contributed by atoms with Crippen LogP contribution in [0.5, 0.6) is 0 Å². The van der Waals surface area contributed by atoms with E-state index in [9.17, 15) is 0 Å². The first-order valence-electron chi connectivity index (χ1n) is 5.43. The molecule has 1 N–H and O–H groups in total.